The van der Waals surface area contributed by atoms with Crippen molar-refractivity contribution in [2.75, 3.05) is 67.5 Å². The number of amides is 3. The van der Waals surface area contributed by atoms with Crippen molar-refractivity contribution in [1.82, 2.24) is 34.7 Å². The number of fused-ring (bicyclic) bond motifs is 2. The number of unbranched alkanes of at least 4 members (excludes halogenated alkanes) is 4. The van der Waals surface area contributed by atoms with Crippen molar-refractivity contribution in [3.8, 4) is 11.4 Å². The van der Waals surface area contributed by atoms with E-state index in [1.165, 1.54) is 6.07 Å². The summed E-state index contributed by atoms with van der Waals surface area (Å²) >= 11 is 0. The number of pyridine rings is 1. The van der Waals surface area contributed by atoms with Crippen molar-refractivity contribution in [2.24, 2.45) is 0 Å². The predicted octanol–water partition coefficient (Wildman–Crippen LogP) is 5.86. The van der Waals surface area contributed by atoms with Crippen molar-refractivity contribution < 1.29 is 28.4 Å². The van der Waals surface area contributed by atoms with E-state index in [9.17, 15) is 28.4 Å². The number of aromatic nitrogens is 4. The first-order chi connectivity index (χ1) is 31.2. The van der Waals surface area contributed by atoms with Gasteiger partial charge in [0.05, 0.1) is 48.1 Å². The lowest BCUT2D eigenvalue weighted by molar-refractivity contribution is -0.132. The summed E-state index contributed by atoms with van der Waals surface area (Å²) < 4.78 is 15.9. The number of hydrogen-bond donors (Lipinski definition) is 2. The Bertz CT molecular complexity index is 2570. The third-order valence-corrected chi connectivity index (χ3v) is 12.9. The Morgan fingerprint density at radius 2 is 1.56 bits per heavy atom. The van der Waals surface area contributed by atoms with Crippen LogP contribution in [-0.2, 0) is 14.4 Å². The molecular weight excluding hydrogens is 816 g/mol. The fraction of sp³-hybridized carbons (Fsp3) is 0.417. The van der Waals surface area contributed by atoms with Gasteiger partial charge in [-0.2, -0.15) is 0 Å². The summed E-state index contributed by atoms with van der Waals surface area (Å²) in [6, 6.07) is 21.0. The number of imide groups is 1. The Hall–Kier alpha value is -6.55. The van der Waals surface area contributed by atoms with Crippen LogP contribution in [0.4, 0.5) is 21.7 Å². The first kappa shape index (κ1) is 42.7. The van der Waals surface area contributed by atoms with Crippen molar-refractivity contribution >= 4 is 52.3 Å². The molecule has 1 saturated carbocycles. The average molecular weight is 869 g/mol. The van der Waals surface area contributed by atoms with Crippen LogP contribution in [0.25, 0.3) is 17.0 Å². The van der Waals surface area contributed by atoms with Gasteiger partial charge >= 0.3 is 0 Å². The third kappa shape index (κ3) is 9.23. The Balaban J connectivity index is 0.672. The molecule has 0 spiro atoms. The summed E-state index contributed by atoms with van der Waals surface area (Å²) in [5.74, 6) is 0.00765. The van der Waals surface area contributed by atoms with E-state index in [0.717, 1.165) is 122 Å². The van der Waals surface area contributed by atoms with Gasteiger partial charge in [0.2, 0.25) is 5.91 Å². The molecule has 15 nitrogen and oxygen atoms in total. The predicted molar refractivity (Wildman–Crippen MR) is 240 cm³/mol. The second kappa shape index (κ2) is 19.1. The molecule has 6 heterocycles. The fourth-order valence-electron chi connectivity index (χ4n) is 9.45. The van der Waals surface area contributed by atoms with Crippen LogP contribution in [0.3, 0.4) is 0 Å². The molecule has 2 atom stereocenters. The maximum Gasteiger partial charge on any atom is 0.262 e. The van der Waals surface area contributed by atoms with E-state index in [1.807, 2.05) is 40.9 Å². The number of carbonyl (C=O) groups is 5. The minimum atomic E-state index is -0.872. The highest BCUT2D eigenvalue weighted by Crippen LogP contribution is 2.36. The molecule has 1 unspecified atom stereocenters. The summed E-state index contributed by atoms with van der Waals surface area (Å²) in [6.45, 7) is 5.55. The van der Waals surface area contributed by atoms with Gasteiger partial charge in [-0.1, -0.05) is 37.5 Å². The molecule has 3 aliphatic heterocycles. The lowest BCUT2D eigenvalue weighted by Gasteiger charge is -2.35. The van der Waals surface area contributed by atoms with Crippen LogP contribution in [0.5, 0.6) is 0 Å². The third-order valence-electron chi connectivity index (χ3n) is 12.9. The van der Waals surface area contributed by atoms with Crippen molar-refractivity contribution in [1.29, 1.82) is 0 Å². The fourth-order valence-corrected chi connectivity index (χ4v) is 9.45. The van der Waals surface area contributed by atoms with Crippen LogP contribution in [0, 0.1) is 5.82 Å². The number of piperazine rings is 1. The minimum absolute atomic E-state index is 0.0338. The zero-order chi connectivity index (χ0) is 44.2. The number of ketones is 2. The molecule has 4 aliphatic rings. The Morgan fingerprint density at radius 1 is 0.766 bits per heavy atom. The number of hydrogen-bond acceptors (Lipinski definition) is 12. The second-order valence-corrected chi connectivity index (χ2v) is 17.2. The number of benzene rings is 2. The number of carbonyl (C=O) groups excluding carboxylic acids is 5. The molecule has 0 bridgehead atoms. The van der Waals surface area contributed by atoms with Gasteiger partial charge in [0.1, 0.15) is 28.9 Å². The van der Waals surface area contributed by atoms with E-state index in [1.54, 1.807) is 36.5 Å². The number of nitrogens with zero attached hydrogens (tertiary/aromatic N) is 8. The number of halogens is 1. The molecule has 5 aromatic rings. The lowest BCUT2D eigenvalue weighted by Crippen LogP contribution is -2.49. The van der Waals surface area contributed by atoms with Gasteiger partial charge < -0.3 is 20.4 Å². The maximum absolute atomic E-state index is 14.1. The Labute approximate surface area is 371 Å². The standard InChI is InChI=1S/C48H53FN10O5/c49-33-10-6-9-32(27-33)39-12-8-22-57(39)45-19-18-43-52-30-41(59(43)54-45)38-11-7-13-44(53-38)56-25-23-55(24-26-56)31-46(62)51-21-5-3-1-2-4-20-50-34-14-16-36-37(28-34)48(64)58(47(36)63)40-17-15-35(60)29-42(40)61/h6-7,9-11,13-14,16,18-19,27-28,30,39-40,50H,1-5,8,12,15,17,20-26,29,31H2,(H,51,62)/t39-,40?/m1/s1. The van der Waals surface area contributed by atoms with Crippen LogP contribution in [0.2, 0.25) is 0 Å². The molecule has 64 heavy (non-hydrogen) atoms. The zero-order valence-electron chi connectivity index (χ0n) is 35.9. The number of anilines is 3. The zero-order valence-corrected chi connectivity index (χ0v) is 35.9. The van der Waals surface area contributed by atoms with Gasteiger partial charge in [-0.3, -0.25) is 33.8 Å². The van der Waals surface area contributed by atoms with E-state index in [2.05, 4.69) is 30.3 Å². The van der Waals surface area contributed by atoms with Crippen LogP contribution in [-0.4, -0.2) is 117 Å². The summed E-state index contributed by atoms with van der Waals surface area (Å²) in [7, 11) is 0. The highest BCUT2D eigenvalue weighted by atomic mass is 19.1. The molecule has 3 aromatic heterocycles. The van der Waals surface area contributed by atoms with Gasteiger partial charge in [-0.05, 0) is 92.3 Å². The Kier molecular flexibility index (Phi) is 12.7. The molecular formula is C48H53FN10O5. The van der Waals surface area contributed by atoms with Gasteiger partial charge in [-0.15, -0.1) is 5.10 Å². The Morgan fingerprint density at radius 3 is 2.39 bits per heavy atom. The van der Waals surface area contributed by atoms with Gasteiger partial charge in [0.25, 0.3) is 11.8 Å². The smallest absolute Gasteiger partial charge is 0.262 e. The average Bonchev–Trinajstić information content (AvgIpc) is 4.03. The maximum atomic E-state index is 14.1. The highest BCUT2D eigenvalue weighted by Gasteiger charge is 2.44. The molecule has 0 radical (unpaired) electrons. The van der Waals surface area contributed by atoms with Crippen molar-refractivity contribution in [3.05, 3.63) is 102 Å². The summed E-state index contributed by atoms with van der Waals surface area (Å²) in [5, 5.41) is 11.4. The summed E-state index contributed by atoms with van der Waals surface area (Å²) in [4.78, 5) is 80.4. The van der Waals surface area contributed by atoms with Crippen LogP contribution in [0.1, 0.15) is 96.5 Å². The lowest BCUT2D eigenvalue weighted by atomic mass is 9.92. The van der Waals surface area contributed by atoms with E-state index < -0.39 is 17.9 Å². The highest BCUT2D eigenvalue weighted by molar-refractivity contribution is 6.24. The van der Waals surface area contributed by atoms with Gasteiger partial charge in [-0.25, -0.2) is 18.9 Å². The molecule has 3 amide bonds. The first-order valence-electron chi connectivity index (χ1n) is 22.6. The molecule has 332 valence electrons. The molecule has 1 aliphatic carbocycles. The SMILES string of the molecule is O=C1CCC(N2C(=O)c3ccc(NCCCCCCCNC(=O)CN4CCN(c5cccc(-c6cnc7ccc(N8CCC[C@@H]8c8cccc(F)c8)nn67)n5)CC4)cc3C2=O)C(=O)C1. The minimum Gasteiger partial charge on any atom is -0.385 e. The molecule has 16 heteroatoms. The topological polar surface area (TPSA) is 165 Å². The molecule has 2 aromatic carbocycles. The quantitative estimate of drug-likeness (QED) is 0.0691. The summed E-state index contributed by atoms with van der Waals surface area (Å²) in [5.41, 5.74) is 4.56. The van der Waals surface area contributed by atoms with E-state index in [4.69, 9.17) is 10.1 Å². The van der Waals surface area contributed by atoms with E-state index in [0.29, 0.717) is 19.6 Å². The summed E-state index contributed by atoms with van der Waals surface area (Å²) in [6.07, 6.45) is 8.77. The normalized spacial score (nSPS) is 19.2. The largest absolute Gasteiger partial charge is 0.385 e. The molecule has 3 fully saturated rings. The van der Waals surface area contributed by atoms with Crippen LogP contribution >= 0.6 is 0 Å². The second-order valence-electron chi connectivity index (χ2n) is 17.2. The number of Topliss-reactive ketones (excluding diaryl/α,β-unsaturated/α-hetero) is 2. The van der Waals surface area contributed by atoms with Crippen LogP contribution in [0.15, 0.2) is 79.0 Å². The molecule has 2 N–H and O–H groups in total. The monoisotopic (exact) mass is 868 g/mol. The van der Waals surface area contributed by atoms with Crippen molar-refractivity contribution in [3.63, 3.8) is 0 Å². The van der Waals surface area contributed by atoms with Crippen LogP contribution < -0.4 is 20.4 Å². The number of imidazole rings is 1. The number of rotatable bonds is 16. The number of nitrogens with one attached hydrogen (secondary N) is 2. The van der Waals surface area contributed by atoms with E-state index >= 15 is 0 Å². The first-order valence-corrected chi connectivity index (χ1v) is 22.6. The molecule has 2 saturated heterocycles. The molecule has 9 rings (SSSR count). The van der Waals surface area contributed by atoms with Gasteiger partial charge in [0, 0.05) is 57.9 Å². The van der Waals surface area contributed by atoms with E-state index in [-0.39, 0.29) is 59.7 Å². The van der Waals surface area contributed by atoms with Crippen molar-refractivity contribution in [2.45, 2.75) is 76.3 Å². The van der Waals surface area contributed by atoms with Gasteiger partial charge in [0.15, 0.2) is 11.4 Å².